The van der Waals surface area contributed by atoms with Crippen LogP contribution >= 0.6 is 23.5 Å². The molecular weight excluding hydrogens is 323 g/mol. The Morgan fingerprint density at radius 1 is 1.38 bits per heavy atom. The Kier molecular flexibility index (Phi) is 6.13. The lowest BCUT2D eigenvalue weighted by molar-refractivity contribution is 0.136. The Labute approximate surface area is 104 Å². The van der Waals surface area contributed by atoms with Crippen LogP contribution in [-0.2, 0) is 18.9 Å². The summed E-state index contributed by atoms with van der Waals surface area (Å²) < 4.78 is 38.3. The minimum Gasteiger partial charge on any atom is -0.324 e. The van der Waals surface area contributed by atoms with Gasteiger partial charge in [-0.25, -0.2) is 0 Å². The third-order valence-corrected chi connectivity index (χ3v) is 4.70. The van der Waals surface area contributed by atoms with E-state index in [9.17, 15) is 13.0 Å². The van der Waals surface area contributed by atoms with Crippen molar-refractivity contribution < 1.29 is 27.0 Å². The predicted octanol–water partition coefficient (Wildman–Crippen LogP) is 1.07. The number of hydrogen-bond acceptors (Lipinski definition) is 4. The lowest BCUT2D eigenvalue weighted by atomic mass is 10.2. The molecule has 0 atom stereocenters. The van der Waals surface area contributed by atoms with Crippen LogP contribution in [0, 0.1) is 0 Å². The second kappa shape index (κ2) is 5.93. The van der Waals surface area contributed by atoms with E-state index in [2.05, 4.69) is 15.9 Å². The average Bonchev–Trinajstić information content (AvgIpc) is 1.93. The van der Waals surface area contributed by atoms with Crippen molar-refractivity contribution in [2.75, 3.05) is 17.2 Å². The van der Waals surface area contributed by atoms with Gasteiger partial charge in [0.2, 0.25) is 0 Å². The smallest absolute Gasteiger partial charge is 0.324 e. The fraction of sp³-hybridized carbons (Fsp3) is 1.00. The van der Waals surface area contributed by atoms with Gasteiger partial charge in [-0.1, -0.05) is 15.9 Å². The van der Waals surface area contributed by atoms with Crippen molar-refractivity contribution in [2.45, 2.75) is 25.9 Å². The Morgan fingerprint density at radius 2 is 1.88 bits per heavy atom. The van der Waals surface area contributed by atoms with Crippen LogP contribution in [-0.4, -0.2) is 41.1 Å². The summed E-state index contributed by atoms with van der Waals surface area (Å²) in [5.41, 5.74) is -1.40. The molecule has 0 spiro atoms. The first-order chi connectivity index (χ1) is 6.97. The van der Waals surface area contributed by atoms with Gasteiger partial charge in [0.15, 0.2) is 0 Å². The summed E-state index contributed by atoms with van der Waals surface area (Å²) in [5.74, 6) is -0.178. The average molecular weight is 339 g/mol. The second-order valence-electron chi connectivity index (χ2n) is 3.97. The van der Waals surface area contributed by atoms with Crippen molar-refractivity contribution in [1.29, 1.82) is 0 Å². The maximum atomic E-state index is 11.4. The van der Waals surface area contributed by atoms with Gasteiger partial charge in [-0.15, -0.1) is 0 Å². The molecule has 0 unspecified atom stereocenters. The van der Waals surface area contributed by atoms with Crippen LogP contribution in [0.1, 0.15) is 20.3 Å². The highest BCUT2D eigenvalue weighted by atomic mass is 79.9. The molecule has 6 nitrogen and oxygen atoms in total. The van der Waals surface area contributed by atoms with E-state index in [4.69, 9.17) is 14.0 Å². The molecule has 0 aromatic carbocycles. The largest absolute Gasteiger partial charge is 0.328 e. The molecule has 0 saturated heterocycles. The monoisotopic (exact) mass is 338 g/mol. The molecule has 9 heteroatoms. The van der Waals surface area contributed by atoms with Crippen molar-refractivity contribution in [1.82, 2.24) is 0 Å². The van der Waals surface area contributed by atoms with E-state index in [1.807, 2.05) is 0 Å². The number of alkyl halides is 1. The van der Waals surface area contributed by atoms with Gasteiger partial charge in [-0.2, -0.15) is 8.42 Å². The van der Waals surface area contributed by atoms with E-state index in [-0.39, 0.29) is 5.75 Å². The Morgan fingerprint density at radius 3 is 2.25 bits per heavy atom. The lowest BCUT2D eigenvalue weighted by Crippen LogP contribution is -2.33. The zero-order valence-electron chi connectivity index (χ0n) is 9.09. The second-order valence-corrected chi connectivity index (χ2v) is 8.10. The standard InChI is InChI=1S/C7H16BrO6PS/c1-7(2,6-15(9,10)11)14-16(12,13)5-3-4-8/h3-6H2,1-2H3,(H2,9,10,11). The Balaban J connectivity index is 4.52. The van der Waals surface area contributed by atoms with E-state index in [0.717, 1.165) is 0 Å². The fourth-order valence-corrected chi connectivity index (χ4v) is 4.26. The van der Waals surface area contributed by atoms with Gasteiger partial charge in [-0.05, 0) is 20.3 Å². The molecule has 0 aromatic rings. The van der Waals surface area contributed by atoms with Gasteiger partial charge in [0.25, 0.3) is 10.1 Å². The van der Waals surface area contributed by atoms with Crippen LogP contribution < -0.4 is 0 Å². The van der Waals surface area contributed by atoms with Crippen LogP contribution in [0.25, 0.3) is 0 Å². The van der Waals surface area contributed by atoms with Gasteiger partial charge >= 0.3 is 7.60 Å². The molecule has 98 valence electrons. The highest BCUT2D eigenvalue weighted by Gasteiger charge is 2.33. The third-order valence-electron chi connectivity index (χ3n) is 1.47. The summed E-state index contributed by atoms with van der Waals surface area (Å²) >= 11 is 3.09. The van der Waals surface area contributed by atoms with E-state index < -0.39 is 29.5 Å². The minimum atomic E-state index is -4.30. The van der Waals surface area contributed by atoms with Crippen molar-refractivity contribution in [3.05, 3.63) is 0 Å². The molecule has 0 saturated carbocycles. The molecule has 0 aliphatic heterocycles. The molecule has 0 bridgehead atoms. The van der Waals surface area contributed by atoms with Gasteiger partial charge in [0, 0.05) is 5.33 Å². The Bertz CT molecular complexity index is 359. The summed E-state index contributed by atoms with van der Waals surface area (Å²) in [4.78, 5) is 17.5. The summed E-state index contributed by atoms with van der Waals surface area (Å²) in [6.07, 6.45) is -0.248. The van der Waals surface area contributed by atoms with Gasteiger partial charge in [0.05, 0.1) is 17.5 Å². The summed E-state index contributed by atoms with van der Waals surface area (Å²) in [6.45, 7) is 2.66. The first-order valence-corrected chi connectivity index (χ1v) is 9.01. The number of rotatable bonds is 7. The van der Waals surface area contributed by atoms with E-state index in [1.165, 1.54) is 13.8 Å². The fourth-order valence-electron chi connectivity index (χ4n) is 1.14. The maximum absolute atomic E-state index is 11.4. The normalized spacial score (nSPS) is 14.1. The molecule has 0 aliphatic rings. The summed E-state index contributed by atoms with van der Waals surface area (Å²) in [5, 5.41) is 0.522. The minimum absolute atomic E-state index is 0.178. The number of hydrogen-bond donors (Lipinski definition) is 2. The van der Waals surface area contributed by atoms with Crippen molar-refractivity contribution in [3.8, 4) is 0 Å². The van der Waals surface area contributed by atoms with Crippen LogP contribution in [0.15, 0.2) is 0 Å². The topological polar surface area (TPSA) is 101 Å². The molecule has 2 N–H and O–H groups in total. The molecule has 0 aromatic heterocycles. The van der Waals surface area contributed by atoms with Crippen molar-refractivity contribution in [3.63, 3.8) is 0 Å². The highest BCUT2D eigenvalue weighted by molar-refractivity contribution is 9.09. The SMILES string of the molecule is CC(C)(CP(=O)(O)O)OS(=O)(=O)CCCBr. The van der Waals surface area contributed by atoms with E-state index >= 15 is 0 Å². The third kappa shape index (κ3) is 8.66. The molecular formula is C7H16BrO6PS. The zero-order chi connectivity index (χ0) is 13.0. The predicted molar refractivity (Wildman–Crippen MR) is 64.3 cm³/mol. The zero-order valence-corrected chi connectivity index (χ0v) is 12.4. The highest BCUT2D eigenvalue weighted by Crippen LogP contribution is 2.39. The molecule has 0 radical (unpaired) electrons. The summed E-state index contributed by atoms with van der Waals surface area (Å²) in [6, 6.07) is 0. The molecule has 0 fully saturated rings. The summed E-state index contributed by atoms with van der Waals surface area (Å²) in [7, 11) is -8.05. The van der Waals surface area contributed by atoms with Crippen molar-refractivity contribution >= 4 is 33.6 Å². The van der Waals surface area contributed by atoms with Gasteiger partial charge < -0.3 is 9.79 Å². The first kappa shape index (κ1) is 16.5. The van der Waals surface area contributed by atoms with E-state index in [0.29, 0.717) is 11.8 Å². The van der Waals surface area contributed by atoms with Crippen LogP contribution in [0.2, 0.25) is 0 Å². The molecule has 0 heterocycles. The van der Waals surface area contributed by atoms with E-state index in [1.54, 1.807) is 0 Å². The van der Waals surface area contributed by atoms with Crippen LogP contribution in [0.3, 0.4) is 0 Å². The molecule has 0 rings (SSSR count). The van der Waals surface area contributed by atoms with Crippen LogP contribution in [0.5, 0.6) is 0 Å². The Hall–Kier alpha value is 0.540. The maximum Gasteiger partial charge on any atom is 0.328 e. The number of halogens is 1. The quantitative estimate of drug-likeness (QED) is 0.409. The van der Waals surface area contributed by atoms with Crippen LogP contribution in [0.4, 0.5) is 0 Å². The molecule has 0 aliphatic carbocycles. The molecule has 16 heavy (non-hydrogen) atoms. The lowest BCUT2D eigenvalue weighted by Gasteiger charge is -2.24. The van der Waals surface area contributed by atoms with Gasteiger partial charge in [-0.3, -0.25) is 8.75 Å². The van der Waals surface area contributed by atoms with Gasteiger partial charge in [0.1, 0.15) is 0 Å². The first-order valence-electron chi connectivity index (χ1n) is 4.51. The molecule has 0 amide bonds. The van der Waals surface area contributed by atoms with Crippen molar-refractivity contribution in [2.24, 2.45) is 0 Å².